The highest BCUT2D eigenvalue weighted by atomic mass is 28.1. The van der Waals surface area contributed by atoms with E-state index in [1.807, 2.05) is 0 Å². The van der Waals surface area contributed by atoms with Gasteiger partial charge in [0.15, 0.2) is 0 Å². The van der Waals surface area contributed by atoms with E-state index in [4.69, 9.17) is 0 Å². The third-order valence-electron chi connectivity index (χ3n) is 0.552. The summed E-state index contributed by atoms with van der Waals surface area (Å²) in [5.74, 6) is 0. The largest absolute Gasteiger partial charge is 0.317 e. The highest BCUT2D eigenvalue weighted by Crippen LogP contribution is 1.61. The first-order valence-electron chi connectivity index (χ1n) is 2.27. The molecule has 0 saturated heterocycles. The molecule has 0 rings (SSSR count). The van der Waals surface area contributed by atoms with E-state index in [9.17, 15) is 0 Å². The Morgan fingerprint density at radius 3 is 2.50 bits per heavy atom. The average molecular weight is 100 g/mol. The number of nitrogens with one attached hydrogen (secondary N) is 1. The molecule has 0 unspecified atom stereocenters. The topological polar surface area (TPSA) is 12.0 Å². The van der Waals surface area contributed by atoms with Gasteiger partial charge in [-0.2, -0.15) is 0 Å². The van der Waals surface area contributed by atoms with Gasteiger partial charge in [0.05, 0.1) is 0 Å². The third-order valence-corrected chi connectivity index (χ3v) is 0.802. The van der Waals surface area contributed by atoms with E-state index in [0.29, 0.717) is 0 Å². The van der Waals surface area contributed by atoms with Crippen LogP contribution in [0.3, 0.4) is 0 Å². The Balaban J connectivity index is 2.34. The van der Waals surface area contributed by atoms with Gasteiger partial charge in [-0.25, -0.2) is 0 Å². The summed E-state index contributed by atoms with van der Waals surface area (Å²) in [4.78, 5) is 0. The van der Waals surface area contributed by atoms with Gasteiger partial charge < -0.3 is 5.32 Å². The van der Waals surface area contributed by atoms with Crippen molar-refractivity contribution < 1.29 is 0 Å². The molecule has 6 heavy (non-hydrogen) atoms. The Hall–Kier alpha value is 0.177. The number of rotatable bonds is 3. The first-order valence-corrected chi connectivity index (χ1v) is 2.97. The van der Waals surface area contributed by atoms with Crippen molar-refractivity contribution in [2.75, 3.05) is 13.1 Å². The van der Waals surface area contributed by atoms with Crippen molar-refractivity contribution >= 4 is 10.2 Å². The second-order valence-corrected chi connectivity index (χ2v) is 1.60. The SMILES string of the molecule is CCNCC[Si]. The van der Waals surface area contributed by atoms with Gasteiger partial charge in [0.2, 0.25) is 0 Å². The van der Waals surface area contributed by atoms with Crippen molar-refractivity contribution in [2.45, 2.75) is 13.0 Å². The van der Waals surface area contributed by atoms with Crippen LogP contribution in [0.25, 0.3) is 0 Å². The zero-order chi connectivity index (χ0) is 4.83. The van der Waals surface area contributed by atoms with E-state index >= 15 is 0 Å². The molecule has 0 aromatic rings. The highest BCUT2D eigenvalue weighted by Gasteiger charge is 1.71. The van der Waals surface area contributed by atoms with Crippen LogP contribution >= 0.6 is 0 Å². The van der Waals surface area contributed by atoms with E-state index in [-0.39, 0.29) is 0 Å². The summed E-state index contributed by atoms with van der Waals surface area (Å²) in [6.45, 7) is 4.25. The number of hydrogen-bond donors (Lipinski definition) is 1. The zero-order valence-corrected chi connectivity index (χ0v) is 5.12. The Bertz CT molecular complexity index is 19.5. The molecular formula is C4H10NSi. The summed E-state index contributed by atoms with van der Waals surface area (Å²) < 4.78 is 0. The molecule has 0 aliphatic heterocycles. The molecule has 0 aromatic carbocycles. The van der Waals surface area contributed by atoms with E-state index < -0.39 is 0 Å². The Labute approximate surface area is 42.6 Å². The summed E-state index contributed by atoms with van der Waals surface area (Å²) in [6, 6.07) is 1.05. The lowest BCUT2D eigenvalue weighted by Gasteiger charge is -1.91. The molecule has 0 aliphatic carbocycles. The molecule has 0 spiro atoms. The minimum Gasteiger partial charge on any atom is -0.317 e. The molecule has 0 heterocycles. The first kappa shape index (κ1) is 6.18. The quantitative estimate of drug-likeness (QED) is 0.394. The molecule has 1 N–H and O–H groups in total. The third kappa shape index (κ3) is 4.18. The lowest BCUT2D eigenvalue weighted by Crippen LogP contribution is -2.12. The lowest BCUT2D eigenvalue weighted by molar-refractivity contribution is 0.762. The Morgan fingerprint density at radius 2 is 2.33 bits per heavy atom. The molecule has 0 atom stereocenters. The van der Waals surface area contributed by atoms with Crippen molar-refractivity contribution in [3.05, 3.63) is 0 Å². The fraction of sp³-hybridized carbons (Fsp3) is 1.00. The van der Waals surface area contributed by atoms with Crippen LogP contribution in [0.15, 0.2) is 0 Å². The zero-order valence-electron chi connectivity index (χ0n) is 4.12. The van der Waals surface area contributed by atoms with Gasteiger partial charge in [-0.3, -0.25) is 0 Å². The van der Waals surface area contributed by atoms with Gasteiger partial charge in [-0.1, -0.05) is 13.0 Å². The second kappa shape index (κ2) is 5.18. The monoisotopic (exact) mass is 100 g/mol. The summed E-state index contributed by atoms with van der Waals surface area (Å²) in [7, 11) is 3.33. The molecule has 0 fully saturated rings. The van der Waals surface area contributed by atoms with Gasteiger partial charge in [0.25, 0.3) is 0 Å². The van der Waals surface area contributed by atoms with Crippen LogP contribution in [0.4, 0.5) is 0 Å². The maximum Gasteiger partial charge on any atom is 0.0238 e. The van der Waals surface area contributed by atoms with Crippen LogP contribution in [0.1, 0.15) is 6.92 Å². The van der Waals surface area contributed by atoms with Gasteiger partial charge in [0, 0.05) is 10.2 Å². The van der Waals surface area contributed by atoms with E-state index in [2.05, 4.69) is 22.5 Å². The smallest absolute Gasteiger partial charge is 0.0238 e. The molecule has 0 saturated carbocycles. The van der Waals surface area contributed by atoms with Crippen LogP contribution in [-0.2, 0) is 0 Å². The summed E-state index contributed by atoms with van der Waals surface area (Å²) >= 11 is 0. The van der Waals surface area contributed by atoms with Crippen molar-refractivity contribution in [3.63, 3.8) is 0 Å². The van der Waals surface area contributed by atoms with E-state index in [1.165, 1.54) is 0 Å². The number of hydrogen-bond acceptors (Lipinski definition) is 1. The Kier molecular flexibility index (Phi) is 5.33. The predicted molar refractivity (Wildman–Crippen MR) is 29.1 cm³/mol. The highest BCUT2D eigenvalue weighted by molar-refractivity contribution is 6.08. The molecule has 0 aliphatic rings. The second-order valence-electron chi connectivity index (χ2n) is 1.10. The maximum absolute atomic E-state index is 3.33. The van der Waals surface area contributed by atoms with Gasteiger partial charge in [0.1, 0.15) is 0 Å². The first-order chi connectivity index (χ1) is 2.91. The van der Waals surface area contributed by atoms with Crippen molar-refractivity contribution in [3.8, 4) is 0 Å². The van der Waals surface area contributed by atoms with Crippen LogP contribution in [0, 0.1) is 0 Å². The molecule has 1 nitrogen and oxygen atoms in total. The van der Waals surface area contributed by atoms with E-state index in [0.717, 1.165) is 19.1 Å². The van der Waals surface area contributed by atoms with Crippen molar-refractivity contribution in [2.24, 2.45) is 0 Å². The molecule has 3 radical (unpaired) electrons. The Morgan fingerprint density at radius 1 is 1.67 bits per heavy atom. The van der Waals surface area contributed by atoms with Gasteiger partial charge in [-0.05, 0) is 13.1 Å². The summed E-state index contributed by atoms with van der Waals surface area (Å²) in [5, 5.41) is 3.15. The normalized spacial score (nSPS) is 9.00. The minimum atomic E-state index is 1.05. The molecular weight excluding hydrogens is 90.1 g/mol. The molecule has 0 amide bonds. The van der Waals surface area contributed by atoms with Crippen molar-refractivity contribution in [1.29, 1.82) is 0 Å². The van der Waals surface area contributed by atoms with E-state index in [1.54, 1.807) is 0 Å². The van der Waals surface area contributed by atoms with Crippen LogP contribution in [-0.4, -0.2) is 23.3 Å². The predicted octanol–water partition coefficient (Wildman–Crippen LogP) is 0.183. The van der Waals surface area contributed by atoms with Gasteiger partial charge in [-0.15, -0.1) is 0 Å². The fourth-order valence-corrected chi connectivity index (χ4v) is 0.442. The molecule has 0 aromatic heterocycles. The standard InChI is InChI=1S/C4H10NSi/c1-2-5-3-4-6/h5H,2-4H2,1H3. The lowest BCUT2D eigenvalue weighted by atomic mass is 10.7. The summed E-state index contributed by atoms with van der Waals surface area (Å²) in [5.41, 5.74) is 0. The van der Waals surface area contributed by atoms with Crippen LogP contribution in [0.2, 0.25) is 6.04 Å². The van der Waals surface area contributed by atoms with Crippen LogP contribution < -0.4 is 5.32 Å². The fourth-order valence-electron chi connectivity index (χ4n) is 0.265. The molecule has 35 valence electrons. The summed E-state index contributed by atoms with van der Waals surface area (Å²) in [6.07, 6.45) is 0. The van der Waals surface area contributed by atoms with Gasteiger partial charge >= 0.3 is 0 Å². The van der Waals surface area contributed by atoms with Crippen molar-refractivity contribution in [1.82, 2.24) is 5.32 Å². The average Bonchev–Trinajstić information content (AvgIpc) is 1.61. The molecule has 2 heteroatoms. The van der Waals surface area contributed by atoms with Crippen LogP contribution in [0.5, 0.6) is 0 Å². The maximum atomic E-state index is 3.33. The molecule has 0 bridgehead atoms. The minimum absolute atomic E-state index is 1.05.